The molecule has 8 nitrogen and oxygen atoms in total. The third kappa shape index (κ3) is 4.60. The van der Waals surface area contributed by atoms with Crippen molar-refractivity contribution in [2.24, 2.45) is 0 Å². The molecule has 1 aliphatic rings. The van der Waals surface area contributed by atoms with Gasteiger partial charge in [-0.15, -0.1) is 0 Å². The standard InChI is InChI=1S/C21H21N5O3/c27-20(21(28)26-12-4-5-15(14-26)18-9-11-23-25-18)24-16-6-3-7-17(13-16)29-19-8-1-2-10-22-19/h1-3,6-11,13,15H,4-5,12,14H2,(H,23,25)(H,24,27)/t15-/m0/s1. The van der Waals surface area contributed by atoms with E-state index in [1.807, 2.05) is 12.1 Å². The molecular formula is C21H21N5O3. The Hall–Kier alpha value is -3.68. The van der Waals surface area contributed by atoms with Crippen LogP contribution in [-0.2, 0) is 9.59 Å². The quantitative estimate of drug-likeness (QED) is 0.666. The maximum Gasteiger partial charge on any atom is 0.313 e. The van der Waals surface area contributed by atoms with Gasteiger partial charge in [0.15, 0.2) is 0 Å². The SMILES string of the molecule is O=C(Nc1cccc(Oc2ccccn2)c1)C(=O)N1CCC[C@H](c2ccn[nH]2)C1. The number of aromatic nitrogens is 3. The van der Waals surface area contributed by atoms with Gasteiger partial charge in [0.1, 0.15) is 5.75 Å². The minimum absolute atomic E-state index is 0.165. The molecule has 0 spiro atoms. The number of likely N-dealkylation sites (tertiary alicyclic amines) is 1. The molecule has 2 amide bonds. The number of hydrogen-bond acceptors (Lipinski definition) is 5. The molecule has 3 aromatic rings. The molecule has 1 atom stereocenters. The predicted molar refractivity (Wildman–Crippen MR) is 107 cm³/mol. The number of carbonyl (C=O) groups excluding carboxylic acids is 2. The average molecular weight is 391 g/mol. The van der Waals surface area contributed by atoms with Crippen molar-refractivity contribution >= 4 is 17.5 Å². The summed E-state index contributed by atoms with van der Waals surface area (Å²) in [6.07, 6.45) is 5.13. The summed E-state index contributed by atoms with van der Waals surface area (Å²) >= 11 is 0. The zero-order valence-corrected chi connectivity index (χ0v) is 15.7. The fraction of sp³-hybridized carbons (Fsp3) is 0.238. The van der Waals surface area contributed by atoms with Crippen LogP contribution in [0.2, 0.25) is 0 Å². The van der Waals surface area contributed by atoms with Crippen molar-refractivity contribution in [3.63, 3.8) is 0 Å². The van der Waals surface area contributed by atoms with Crippen LogP contribution in [0.1, 0.15) is 24.5 Å². The summed E-state index contributed by atoms with van der Waals surface area (Å²) in [6, 6.07) is 14.1. The van der Waals surface area contributed by atoms with E-state index in [4.69, 9.17) is 4.74 Å². The van der Waals surface area contributed by atoms with E-state index < -0.39 is 11.8 Å². The van der Waals surface area contributed by atoms with Crippen LogP contribution in [0, 0.1) is 0 Å². The molecule has 148 valence electrons. The van der Waals surface area contributed by atoms with Gasteiger partial charge in [-0.3, -0.25) is 14.7 Å². The van der Waals surface area contributed by atoms with E-state index in [9.17, 15) is 9.59 Å². The third-order valence-electron chi connectivity index (χ3n) is 4.82. The van der Waals surface area contributed by atoms with Crippen molar-refractivity contribution in [2.75, 3.05) is 18.4 Å². The number of nitrogens with zero attached hydrogens (tertiary/aromatic N) is 3. The van der Waals surface area contributed by atoms with Crippen molar-refractivity contribution in [1.82, 2.24) is 20.1 Å². The van der Waals surface area contributed by atoms with Gasteiger partial charge in [0, 0.05) is 54.9 Å². The number of rotatable bonds is 4. The van der Waals surface area contributed by atoms with Crippen molar-refractivity contribution in [3.8, 4) is 11.6 Å². The molecule has 0 bridgehead atoms. The number of amides is 2. The molecule has 2 N–H and O–H groups in total. The Morgan fingerprint density at radius 3 is 2.86 bits per heavy atom. The molecule has 3 heterocycles. The molecule has 1 aromatic carbocycles. The molecule has 0 unspecified atom stereocenters. The Morgan fingerprint density at radius 2 is 2.07 bits per heavy atom. The summed E-state index contributed by atoms with van der Waals surface area (Å²) in [4.78, 5) is 30.8. The summed E-state index contributed by atoms with van der Waals surface area (Å²) in [7, 11) is 0. The lowest BCUT2D eigenvalue weighted by molar-refractivity contribution is -0.144. The summed E-state index contributed by atoms with van der Waals surface area (Å²) in [5, 5.41) is 9.59. The van der Waals surface area contributed by atoms with Gasteiger partial charge in [-0.05, 0) is 37.1 Å². The second-order valence-corrected chi connectivity index (χ2v) is 6.85. The molecule has 0 radical (unpaired) electrons. The summed E-state index contributed by atoms with van der Waals surface area (Å²) < 4.78 is 5.67. The zero-order chi connectivity index (χ0) is 20.1. The largest absolute Gasteiger partial charge is 0.439 e. The Morgan fingerprint density at radius 1 is 1.14 bits per heavy atom. The van der Waals surface area contributed by atoms with Crippen molar-refractivity contribution in [2.45, 2.75) is 18.8 Å². The van der Waals surface area contributed by atoms with E-state index in [1.54, 1.807) is 53.7 Å². The first-order chi connectivity index (χ1) is 14.2. The zero-order valence-electron chi connectivity index (χ0n) is 15.7. The van der Waals surface area contributed by atoms with Gasteiger partial charge in [-0.2, -0.15) is 5.10 Å². The van der Waals surface area contributed by atoms with Gasteiger partial charge in [0.2, 0.25) is 5.88 Å². The third-order valence-corrected chi connectivity index (χ3v) is 4.82. The van der Waals surface area contributed by atoms with E-state index in [0.717, 1.165) is 18.5 Å². The number of anilines is 1. The van der Waals surface area contributed by atoms with Gasteiger partial charge in [-0.1, -0.05) is 12.1 Å². The highest BCUT2D eigenvalue weighted by molar-refractivity contribution is 6.39. The van der Waals surface area contributed by atoms with Crippen molar-refractivity contribution < 1.29 is 14.3 Å². The normalized spacial score (nSPS) is 16.3. The summed E-state index contributed by atoms with van der Waals surface area (Å²) in [5.74, 6) is -0.0648. The number of benzene rings is 1. The summed E-state index contributed by atoms with van der Waals surface area (Å²) in [5.41, 5.74) is 1.47. The lowest BCUT2D eigenvalue weighted by Crippen LogP contribution is -2.44. The number of aromatic amines is 1. The first-order valence-electron chi connectivity index (χ1n) is 9.47. The van der Waals surface area contributed by atoms with Crippen molar-refractivity contribution in [3.05, 3.63) is 66.6 Å². The second-order valence-electron chi connectivity index (χ2n) is 6.85. The number of H-pyrrole nitrogens is 1. The topological polar surface area (TPSA) is 100 Å². The van der Waals surface area contributed by atoms with Gasteiger partial charge in [0.05, 0.1) is 0 Å². The van der Waals surface area contributed by atoms with Crippen LogP contribution >= 0.6 is 0 Å². The fourth-order valence-electron chi connectivity index (χ4n) is 3.40. The highest BCUT2D eigenvalue weighted by Crippen LogP contribution is 2.26. The number of nitrogens with one attached hydrogen (secondary N) is 2. The molecule has 0 aliphatic carbocycles. The number of pyridine rings is 1. The Labute approximate surface area is 167 Å². The van der Waals surface area contributed by atoms with Crippen LogP contribution in [0.15, 0.2) is 60.9 Å². The Balaban J connectivity index is 1.38. The minimum Gasteiger partial charge on any atom is -0.439 e. The molecule has 29 heavy (non-hydrogen) atoms. The lowest BCUT2D eigenvalue weighted by Gasteiger charge is -2.31. The van der Waals surface area contributed by atoms with Gasteiger partial charge in [0.25, 0.3) is 0 Å². The number of ether oxygens (including phenoxy) is 1. The van der Waals surface area contributed by atoms with E-state index in [2.05, 4.69) is 20.5 Å². The van der Waals surface area contributed by atoms with Crippen LogP contribution in [0.3, 0.4) is 0 Å². The van der Waals surface area contributed by atoms with Crippen LogP contribution in [0.4, 0.5) is 5.69 Å². The number of carbonyl (C=O) groups is 2. The van der Waals surface area contributed by atoms with E-state index in [-0.39, 0.29) is 5.92 Å². The van der Waals surface area contributed by atoms with E-state index in [1.165, 1.54) is 0 Å². The van der Waals surface area contributed by atoms with E-state index >= 15 is 0 Å². The molecule has 4 rings (SSSR count). The molecule has 1 aliphatic heterocycles. The Bertz CT molecular complexity index is 975. The van der Waals surface area contributed by atoms with Crippen LogP contribution < -0.4 is 10.1 Å². The predicted octanol–water partition coefficient (Wildman–Crippen LogP) is 2.94. The number of piperidine rings is 1. The monoisotopic (exact) mass is 391 g/mol. The smallest absolute Gasteiger partial charge is 0.313 e. The van der Waals surface area contributed by atoms with Gasteiger partial charge < -0.3 is 15.0 Å². The molecule has 2 aromatic heterocycles. The molecule has 8 heteroatoms. The fourth-order valence-corrected chi connectivity index (χ4v) is 3.40. The van der Waals surface area contributed by atoms with E-state index in [0.29, 0.717) is 30.4 Å². The molecule has 1 saturated heterocycles. The maximum atomic E-state index is 12.6. The number of hydrogen-bond donors (Lipinski definition) is 2. The maximum absolute atomic E-state index is 12.6. The molecule has 0 saturated carbocycles. The summed E-state index contributed by atoms with van der Waals surface area (Å²) in [6.45, 7) is 1.07. The average Bonchev–Trinajstić information content (AvgIpc) is 3.29. The van der Waals surface area contributed by atoms with Gasteiger partial charge in [-0.25, -0.2) is 4.98 Å². The van der Waals surface area contributed by atoms with Crippen LogP contribution in [0.25, 0.3) is 0 Å². The first-order valence-corrected chi connectivity index (χ1v) is 9.47. The van der Waals surface area contributed by atoms with Crippen LogP contribution in [-0.4, -0.2) is 45.0 Å². The van der Waals surface area contributed by atoms with Gasteiger partial charge >= 0.3 is 11.8 Å². The lowest BCUT2D eigenvalue weighted by atomic mass is 9.95. The molecular weight excluding hydrogens is 370 g/mol. The Kier molecular flexibility index (Phi) is 5.51. The molecule has 1 fully saturated rings. The second kappa shape index (κ2) is 8.55. The van der Waals surface area contributed by atoms with Crippen LogP contribution in [0.5, 0.6) is 11.6 Å². The van der Waals surface area contributed by atoms with Crippen molar-refractivity contribution in [1.29, 1.82) is 0 Å². The minimum atomic E-state index is -0.662. The first kappa shape index (κ1) is 18.7. The highest BCUT2D eigenvalue weighted by atomic mass is 16.5. The highest BCUT2D eigenvalue weighted by Gasteiger charge is 2.29.